The van der Waals surface area contributed by atoms with E-state index in [0.717, 1.165) is 30.6 Å². The summed E-state index contributed by atoms with van der Waals surface area (Å²) in [5, 5.41) is 9.65. The van der Waals surface area contributed by atoms with E-state index >= 15 is 0 Å². The van der Waals surface area contributed by atoms with Gasteiger partial charge in [0.05, 0.1) is 13.7 Å². The van der Waals surface area contributed by atoms with Gasteiger partial charge in [-0.05, 0) is 30.4 Å². The standard InChI is InChI=1S/C16H25NO2/c1-11(2)12-5-6-13(14(9-12)19-3)15(17)16(10-18)7-4-8-16/h5-6,9,11,15,18H,4,7-8,10,17H2,1-3H3. The van der Waals surface area contributed by atoms with Crippen molar-refractivity contribution in [2.24, 2.45) is 11.1 Å². The molecule has 2 rings (SSSR count). The molecule has 1 saturated carbocycles. The molecular formula is C16H25NO2. The first-order valence-corrected chi connectivity index (χ1v) is 7.08. The summed E-state index contributed by atoms with van der Waals surface area (Å²) in [6, 6.07) is 6.10. The average Bonchev–Trinajstić information content (AvgIpc) is 2.37. The molecule has 0 aliphatic heterocycles. The number of methoxy groups -OCH3 is 1. The second-order valence-electron chi connectivity index (χ2n) is 6.01. The molecule has 0 heterocycles. The molecule has 1 atom stereocenters. The monoisotopic (exact) mass is 263 g/mol. The fraction of sp³-hybridized carbons (Fsp3) is 0.625. The molecule has 3 heteroatoms. The van der Waals surface area contributed by atoms with Crippen LogP contribution in [0.25, 0.3) is 0 Å². The number of aliphatic hydroxyl groups excluding tert-OH is 1. The minimum atomic E-state index is -0.151. The molecule has 0 saturated heterocycles. The Labute approximate surface area is 115 Å². The maximum absolute atomic E-state index is 9.65. The van der Waals surface area contributed by atoms with Crippen molar-refractivity contribution in [2.45, 2.75) is 45.1 Å². The number of benzene rings is 1. The Morgan fingerprint density at radius 3 is 2.47 bits per heavy atom. The zero-order valence-electron chi connectivity index (χ0n) is 12.1. The molecule has 3 N–H and O–H groups in total. The highest BCUT2D eigenvalue weighted by Gasteiger charge is 2.43. The number of hydrogen-bond donors (Lipinski definition) is 2. The molecule has 0 amide bonds. The third-order valence-electron chi connectivity index (χ3n) is 4.58. The predicted octanol–water partition coefficient (Wildman–Crippen LogP) is 2.98. The van der Waals surface area contributed by atoms with Crippen molar-refractivity contribution < 1.29 is 9.84 Å². The van der Waals surface area contributed by atoms with Crippen LogP contribution in [0.3, 0.4) is 0 Å². The summed E-state index contributed by atoms with van der Waals surface area (Å²) in [6.07, 6.45) is 3.15. The number of nitrogens with two attached hydrogens (primary N) is 1. The van der Waals surface area contributed by atoms with Gasteiger partial charge in [-0.3, -0.25) is 0 Å². The first-order valence-electron chi connectivity index (χ1n) is 7.08. The Hall–Kier alpha value is -1.06. The lowest BCUT2D eigenvalue weighted by molar-refractivity contribution is 0.0177. The van der Waals surface area contributed by atoms with E-state index in [1.807, 2.05) is 0 Å². The summed E-state index contributed by atoms with van der Waals surface area (Å²) in [7, 11) is 1.68. The quantitative estimate of drug-likeness (QED) is 0.858. The summed E-state index contributed by atoms with van der Waals surface area (Å²) >= 11 is 0. The zero-order valence-corrected chi connectivity index (χ0v) is 12.1. The van der Waals surface area contributed by atoms with Crippen LogP contribution >= 0.6 is 0 Å². The van der Waals surface area contributed by atoms with E-state index < -0.39 is 0 Å². The van der Waals surface area contributed by atoms with Crippen LogP contribution in [0.5, 0.6) is 5.75 Å². The molecule has 106 valence electrons. The van der Waals surface area contributed by atoms with E-state index in [4.69, 9.17) is 10.5 Å². The SMILES string of the molecule is COc1cc(C(C)C)ccc1C(N)C1(CO)CCC1. The first kappa shape index (κ1) is 14.4. The maximum atomic E-state index is 9.65. The van der Waals surface area contributed by atoms with Gasteiger partial charge in [0, 0.05) is 17.0 Å². The van der Waals surface area contributed by atoms with Gasteiger partial charge >= 0.3 is 0 Å². The molecule has 19 heavy (non-hydrogen) atoms. The molecule has 1 unspecified atom stereocenters. The number of aliphatic hydroxyl groups is 1. The lowest BCUT2D eigenvalue weighted by Gasteiger charge is -2.45. The second-order valence-corrected chi connectivity index (χ2v) is 6.01. The van der Waals surface area contributed by atoms with E-state index in [9.17, 15) is 5.11 Å². The van der Waals surface area contributed by atoms with Crippen molar-refractivity contribution in [3.05, 3.63) is 29.3 Å². The average molecular weight is 263 g/mol. The largest absolute Gasteiger partial charge is 0.496 e. The molecule has 0 spiro atoms. The lowest BCUT2D eigenvalue weighted by atomic mass is 9.63. The summed E-state index contributed by atoms with van der Waals surface area (Å²) in [4.78, 5) is 0. The van der Waals surface area contributed by atoms with Gasteiger partial charge in [-0.25, -0.2) is 0 Å². The van der Waals surface area contributed by atoms with E-state index in [2.05, 4.69) is 32.0 Å². The van der Waals surface area contributed by atoms with Crippen LogP contribution in [0.1, 0.15) is 56.2 Å². The van der Waals surface area contributed by atoms with Gasteiger partial charge in [0.25, 0.3) is 0 Å². The molecule has 0 bridgehead atoms. The van der Waals surface area contributed by atoms with Crippen LogP contribution in [0.4, 0.5) is 0 Å². The van der Waals surface area contributed by atoms with Crippen LogP contribution < -0.4 is 10.5 Å². The summed E-state index contributed by atoms with van der Waals surface area (Å²) < 4.78 is 5.50. The van der Waals surface area contributed by atoms with Gasteiger partial charge in [0.15, 0.2) is 0 Å². The first-order chi connectivity index (χ1) is 9.04. The van der Waals surface area contributed by atoms with Crippen molar-refractivity contribution in [3.8, 4) is 5.75 Å². The van der Waals surface area contributed by atoms with E-state index in [-0.39, 0.29) is 18.1 Å². The molecule has 0 radical (unpaired) electrons. The van der Waals surface area contributed by atoms with Gasteiger partial charge in [-0.15, -0.1) is 0 Å². The molecule has 3 nitrogen and oxygen atoms in total. The highest BCUT2D eigenvalue weighted by molar-refractivity contribution is 5.41. The van der Waals surface area contributed by atoms with E-state index in [1.54, 1.807) is 7.11 Å². The van der Waals surface area contributed by atoms with Gasteiger partial charge in [-0.1, -0.05) is 32.4 Å². The van der Waals surface area contributed by atoms with E-state index in [0.29, 0.717) is 5.92 Å². The van der Waals surface area contributed by atoms with Crippen molar-refractivity contribution in [1.29, 1.82) is 0 Å². The Kier molecular flexibility index (Phi) is 4.16. The molecule has 1 fully saturated rings. The molecule has 1 aromatic rings. The van der Waals surface area contributed by atoms with Crippen LogP contribution in [0, 0.1) is 5.41 Å². The Morgan fingerprint density at radius 1 is 1.37 bits per heavy atom. The highest BCUT2D eigenvalue weighted by Crippen LogP contribution is 2.50. The second kappa shape index (κ2) is 5.51. The fourth-order valence-electron chi connectivity index (χ4n) is 2.87. The fourth-order valence-corrected chi connectivity index (χ4v) is 2.87. The van der Waals surface area contributed by atoms with Crippen molar-refractivity contribution in [1.82, 2.24) is 0 Å². The van der Waals surface area contributed by atoms with Crippen molar-refractivity contribution in [2.75, 3.05) is 13.7 Å². The number of hydrogen-bond acceptors (Lipinski definition) is 3. The minimum absolute atomic E-state index is 0.146. The van der Waals surface area contributed by atoms with Gasteiger partial charge in [0.2, 0.25) is 0 Å². The lowest BCUT2D eigenvalue weighted by Crippen LogP contribution is -2.43. The maximum Gasteiger partial charge on any atom is 0.123 e. The molecule has 1 aliphatic rings. The molecule has 1 aliphatic carbocycles. The minimum Gasteiger partial charge on any atom is -0.496 e. The van der Waals surface area contributed by atoms with Gasteiger partial charge in [0.1, 0.15) is 5.75 Å². The van der Waals surface area contributed by atoms with Crippen molar-refractivity contribution >= 4 is 0 Å². The summed E-state index contributed by atoms with van der Waals surface area (Å²) in [5.41, 5.74) is 8.53. The van der Waals surface area contributed by atoms with Crippen LogP contribution in [0.2, 0.25) is 0 Å². The van der Waals surface area contributed by atoms with Crippen molar-refractivity contribution in [3.63, 3.8) is 0 Å². The predicted molar refractivity (Wildman–Crippen MR) is 77.4 cm³/mol. The highest BCUT2D eigenvalue weighted by atomic mass is 16.5. The summed E-state index contributed by atoms with van der Waals surface area (Å²) in [5.74, 6) is 1.31. The molecule has 1 aromatic carbocycles. The van der Waals surface area contributed by atoms with Crippen LogP contribution in [0.15, 0.2) is 18.2 Å². The summed E-state index contributed by atoms with van der Waals surface area (Å²) in [6.45, 7) is 4.48. The number of rotatable bonds is 5. The van der Waals surface area contributed by atoms with Gasteiger partial charge < -0.3 is 15.6 Å². The van der Waals surface area contributed by atoms with Crippen LogP contribution in [-0.4, -0.2) is 18.8 Å². The Balaban J connectivity index is 2.33. The third kappa shape index (κ3) is 2.49. The number of ether oxygens (including phenoxy) is 1. The normalized spacial score (nSPS) is 19.1. The van der Waals surface area contributed by atoms with E-state index in [1.165, 1.54) is 5.56 Å². The third-order valence-corrected chi connectivity index (χ3v) is 4.58. The zero-order chi connectivity index (χ0) is 14.0. The van der Waals surface area contributed by atoms with Crippen LogP contribution in [-0.2, 0) is 0 Å². The molecular weight excluding hydrogens is 238 g/mol. The smallest absolute Gasteiger partial charge is 0.123 e. The topological polar surface area (TPSA) is 55.5 Å². The Bertz CT molecular complexity index is 433. The Morgan fingerprint density at radius 2 is 2.05 bits per heavy atom. The van der Waals surface area contributed by atoms with Gasteiger partial charge in [-0.2, -0.15) is 0 Å². The molecule has 0 aromatic heterocycles.